The zero-order valence-electron chi connectivity index (χ0n) is 9.16. The highest BCUT2D eigenvalue weighted by molar-refractivity contribution is 7.10. The second kappa shape index (κ2) is 4.60. The first kappa shape index (κ1) is 11.7. The monoisotopic (exact) mass is 249 g/mol. The van der Waals surface area contributed by atoms with Crippen molar-refractivity contribution < 1.29 is 4.92 Å². The molecule has 2 rings (SSSR count). The summed E-state index contributed by atoms with van der Waals surface area (Å²) >= 11 is 1.46. The summed E-state index contributed by atoms with van der Waals surface area (Å²) in [6.45, 7) is 1.86. The van der Waals surface area contributed by atoms with E-state index in [0.717, 1.165) is 16.3 Å². The van der Waals surface area contributed by atoms with Crippen LogP contribution in [0, 0.1) is 10.1 Å². The van der Waals surface area contributed by atoms with Crippen LogP contribution in [0.3, 0.4) is 0 Å². The molecule has 5 nitrogen and oxygen atoms in total. The molecular weight excluding hydrogens is 238 g/mol. The van der Waals surface area contributed by atoms with Gasteiger partial charge in [-0.05, 0) is 6.92 Å². The lowest BCUT2D eigenvalue weighted by Gasteiger charge is -1.98. The predicted molar refractivity (Wildman–Crippen MR) is 66.8 cm³/mol. The van der Waals surface area contributed by atoms with Gasteiger partial charge in [0.1, 0.15) is 5.01 Å². The van der Waals surface area contributed by atoms with Gasteiger partial charge in [0, 0.05) is 23.1 Å². The largest absolute Gasteiger partial charge is 0.322 e. The minimum atomic E-state index is -0.414. The van der Waals surface area contributed by atoms with E-state index < -0.39 is 4.92 Å². The molecular formula is C11H11N3O2S. The summed E-state index contributed by atoms with van der Waals surface area (Å²) in [6, 6.07) is 6.31. The maximum Gasteiger partial charge on any atom is 0.270 e. The van der Waals surface area contributed by atoms with Crippen LogP contribution in [0.25, 0.3) is 11.3 Å². The smallest absolute Gasteiger partial charge is 0.270 e. The van der Waals surface area contributed by atoms with Crippen molar-refractivity contribution in [2.75, 3.05) is 0 Å². The van der Waals surface area contributed by atoms with Crippen LogP contribution in [0.1, 0.15) is 18.0 Å². The molecule has 0 bridgehead atoms. The number of rotatable bonds is 3. The maximum absolute atomic E-state index is 10.7. The Bertz CT molecular complexity index is 551. The van der Waals surface area contributed by atoms with Crippen molar-refractivity contribution >= 4 is 17.0 Å². The Morgan fingerprint density at radius 2 is 2.29 bits per heavy atom. The van der Waals surface area contributed by atoms with Crippen LogP contribution < -0.4 is 5.73 Å². The second-order valence-electron chi connectivity index (χ2n) is 3.67. The van der Waals surface area contributed by atoms with Gasteiger partial charge in [0.05, 0.1) is 16.7 Å². The summed E-state index contributed by atoms with van der Waals surface area (Å²) in [6.07, 6.45) is 0. The number of nitrogens with zero attached hydrogens (tertiary/aromatic N) is 2. The molecule has 1 atom stereocenters. The Morgan fingerprint density at radius 1 is 1.53 bits per heavy atom. The average molecular weight is 249 g/mol. The van der Waals surface area contributed by atoms with Crippen molar-refractivity contribution in [3.63, 3.8) is 0 Å². The molecule has 0 aliphatic carbocycles. The molecule has 0 aliphatic heterocycles. The minimum absolute atomic E-state index is 0.0675. The third-order valence-electron chi connectivity index (χ3n) is 2.26. The summed E-state index contributed by atoms with van der Waals surface area (Å²) in [7, 11) is 0. The molecule has 2 N–H and O–H groups in total. The molecule has 17 heavy (non-hydrogen) atoms. The molecule has 2 aromatic rings. The number of nitrogens with two attached hydrogens (primary N) is 1. The Hall–Kier alpha value is -1.79. The van der Waals surface area contributed by atoms with Crippen LogP contribution in [0.15, 0.2) is 29.6 Å². The van der Waals surface area contributed by atoms with E-state index in [1.807, 2.05) is 12.3 Å². The van der Waals surface area contributed by atoms with E-state index in [0.29, 0.717) is 0 Å². The lowest BCUT2D eigenvalue weighted by molar-refractivity contribution is -0.384. The Labute approximate surface area is 102 Å². The molecule has 0 amide bonds. The van der Waals surface area contributed by atoms with Gasteiger partial charge in [0.2, 0.25) is 0 Å². The van der Waals surface area contributed by atoms with E-state index in [-0.39, 0.29) is 11.7 Å². The van der Waals surface area contributed by atoms with E-state index in [1.165, 1.54) is 23.5 Å². The fourth-order valence-electron chi connectivity index (χ4n) is 1.41. The highest BCUT2D eigenvalue weighted by Gasteiger charge is 2.11. The fourth-order valence-corrected chi connectivity index (χ4v) is 2.20. The molecule has 0 radical (unpaired) electrons. The average Bonchev–Trinajstić information content (AvgIpc) is 2.78. The van der Waals surface area contributed by atoms with Crippen LogP contribution in [0.4, 0.5) is 5.69 Å². The summed E-state index contributed by atoms with van der Waals surface area (Å²) in [5.41, 5.74) is 7.26. The molecule has 1 heterocycles. The molecule has 88 valence electrons. The summed E-state index contributed by atoms with van der Waals surface area (Å²) < 4.78 is 0. The number of aromatic nitrogens is 1. The first-order chi connectivity index (χ1) is 8.08. The summed E-state index contributed by atoms with van der Waals surface area (Å²) in [4.78, 5) is 14.6. The van der Waals surface area contributed by atoms with E-state index in [9.17, 15) is 10.1 Å². The van der Waals surface area contributed by atoms with Gasteiger partial charge < -0.3 is 5.73 Å². The number of non-ortho nitro benzene ring substituents is 1. The fraction of sp³-hybridized carbons (Fsp3) is 0.182. The third-order valence-corrected chi connectivity index (χ3v) is 3.31. The number of thiazole rings is 1. The highest BCUT2D eigenvalue weighted by Crippen LogP contribution is 2.26. The van der Waals surface area contributed by atoms with Gasteiger partial charge in [0.15, 0.2) is 0 Å². The van der Waals surface area contributed by atoms with Gasteiger partial charge in [0.25, 0.3) is 5.69 Å². The lowest BCUT2D eigenvalue weighted by Crippen LogP contribution is -2.03. The SMILES string of the molecule is CC(N)c1nc(-c2cccc([N+](=O)[O-])c2)cs1. The second-order valence-corrected chi connectivity index (χ2v) is 4.56. The third kappa shape index (κ3) is 2.48. The van der Waals surface area contributed by atoms with Crippen molar-refractivity contribution in [2.45, 2.75) is 13.0 Å². The molecule has 0 saturated carbocycles. The molecule has 1 unspecified atom stereocenters. The molecule has 0 saturated heterocycles. The van der Waals surface area contributed by atoms with Crippen LogP contribution in [-0.4, -0.2) is 9.91 Å². The Balaban J connectivity index is 2.38. The molecule has 0 aliphatic rings. The van der Waals surface area contributed by atoms with E-state index in [1.54, 1.807) is 12.1 Å². The van der Waals surface area contributed by atoms with Gasteiger partial charge in [-0.2, -0.15) is 0 Å². The standard InChI is InChI=1S/C11H11N3O2S/c1-7(12)11-13-10(6-17-11)8-3-2-4-9(5-8)14(15)16/h2-7H,12H2,1H3. The Morgan fingerprint density at radius 3 is 2.88 bits per heavy atom. The van der Waals surface area contributed by atoms with Gasteiger partial charge in [-0.25, -0.2) is 4.98 Å². The van der Waals surface area contributed by atoms with E-state index in [2.05, 4.69) is 4.98 Å². The quantitative estimate of drug-likeness (QED) is 0.669. The number of hydrogen-bond acceptors (Lipinski definition) is 5. The van der Waals surface area contributed by atoms with Crippen molar-refractivity contribution in [1.82, 2.24) is 4.98 Å². The molecule has 1 aromatic carbocycles. The molecule has 6 heteroatoms. The van der Waals surface area contributed by atoms with Crippen LogP contribution in [0.5, 0.6) is 0 Å². The van der Waals surface area contributed by atoms with Gasteiger partial charge in [-0.15, -0.1) is 11.3 Å². The predicted octanol–water partition coefficient (Wildman–Crippen LogP) is 2.74. The van der Waals surface area contributed by atoms with Crippen LogP contribution >= 0.6 is 11.3 Å². The number of hydrogen-bond donors (Lipinski definition) is 1. The zero-order chi connectivity index (χ0) is 12.4. The number of nitro benzene ring substituents is 1. The summed E-state index contributed by atoms with van der Waals surface area (Å²) in [5.74, 6) is 0. The number of nitro groups is 1. The van der Waals surface area contributed by atoms with Crippen molar-refractivity contribution in [3.05, 3.63) is 44.8 Å². The normalized spacial score (nSPS) is 12.4. The Kier molecular flexibility index (Phi) is 3.16. The van der Waals surface area contributed by atoms with Crippen LogP contribution in [-0.2, 0) is 0 Å². The van der Waals surface area contributed by atoms with Crippen molar-refractivity contribution in [2.24, 2.45) is 5.73 Å². The first-order valence-corrected chi connectivity index (χ1v) is 5.91. The molecule has 0 fully saturated rings. The summed E-state index contributed by atoms with van der Waals surface area (Å²) in [5, 5.41) is 13.4. The maximum atomic E-state index is 10.7. The topological polar surface area (TPSA) is 82.0 Å². The molecule has 0 spiro atoms. The first-order valence-electron chi connectivity index (χ1n) is 5.04. The van der Waals surface area contributed by atoms with E-state index >= 15 is 0 Å². The van der Waals surface area contributed by atoms with Gasteiger partial charge >= 0.3 is 0 Å². The molecule has 1 aromatic heterocycles. The van der Waals surface area contributed by atoms with Crippen molar-refractivity contribution in [3.8, 4) is 11.3 Å². The highest BCUT2D eigenvalue weighted by atomic mass is 32.1. The van der Waals surface area contributed by atoms with Crippen LogP contribution in [0.2, 0.25) is 0 Å². The van der Waals surface area contributed by atoms with Crippen molar-refractivity contribution in [1.29, 1.82) is 0 Å². The number of benzene rings is 1. The van der Waals surface area contributed by atoms with Gasteiger partial charge in [-0.3, -0.25) is 10.1 Å². The lowest BCUT2D eigenvalue weighted by atomic mass is 10.1. The van der Waals surface area contributed by atoms with E-state index in [4.69, 9.17) is 5.73 Å². The van der Waals surface area contributed by atoms with Gasteiger partial charge in [-0.1, -0.05) is 12.1 Å². The zero-order valence-corrected chi connectivity index (χ0v) is 9.98. The minimum Gasteiger partial charge on any atom is -0.322 e.